The summed E-state index contributed by atoms with van der Waals surface area (Å²) < 4.78 is 43.4. The van der Waals surface area contributed by atoms with Gasteiger partial charge < -0.3 is 10.1 Å². The number of carbonyl (C=O) groups is 2. The lowest BCUT2D eigenvalue weighted by atomic mass is 9.96. The van der Waals surface area contributed by atoms with Gasteiger partial charge in [-0.15, -0.1) is 11.3 Å². The van der Waals surface area contributed by atoms with Crippen molar-refractivity contribution in [3.63, 3.8) is 0 Å². The molecule has 0 spiro atoms. The molecule has 0 amide bonds. The van der Waals surface area contributed by atoms with Crippen LogP contribution < -0.4 is 5.32 Å². The first kappa shape index (κ1) is 19.2. The van der Waals surface area contributed by atoms with E-state index in [0.29, 0.717) is 23.3 Å². The van der Waals surface area contributed by atoms with Crippen LogP contribution in [-0.2, 0) is 20.5 Å². The first-order chi connectivity index (χ1) is 11.7. The van der Waals surface area contributed by atoms with Gasteiger partial charge >= 0.3 is 12.1 Å². The van der Waals surface area contributed by atoms with Gasteiger partial charge in [0.15, 0.2) is 10.8 Å². The molecule has 0 aromatic carbocycles. The SMILES string of the molecule is CCCCC(=O)O[C@]1(Nc2nc(C(F)(F)F)cs2)C=CC=C(C)C1=O. The Bertz CT molecular complexity index is 724. The normalized spacial score (nSPS) is 20.4. The van der Waals surface area contributed by atoms with E-state index in [1.807, 2.05) is 6.92 Å². The molecule has 1 aromatic rings. The van der Waals surface area contributed by atoms with Crippen LogP contribution in [0.1, 0.15) is 38.8 Å². The van der Waals surface area contributed by atoms with E-state index in [1.54, 1.807) is 0 Å². The van der Waals surface area contributed by atoms with Crippen molar-refractivity contribution in [2.75, 3.05) is 5.32 Å². The maximum Gasteiger partial charge on any atom is 0.434 e. The van der Waals surface area contributed by atoms with Crippen molar-refractivity contribution in [1.82, 2.24) is 4.98 Å². The van der Waals surface area contributed by atoms with Gasteiger partial charge in [0.25, 0.3) is 5.72 Å². The zero-order chi connectivity index (χ0) is 18.7. The zero-order valence-electron chi connectivity index (χ0n) is 13.6. The Labute approximate surface area is 146 Å². The molecule has 1 heterocycles. The number of ether oxygens (including phenoxy) is 1. The molecule has 1 N–H and O–H groups in total. The number of ketones is 1. The van der Waals surface area contributed by atoms with Crippen molar-refractivity contribution in [3.8, 4) is 0 Å². The fourth-order valence-electron chi connectivity index (χ4n) is 2.15. The van der Waals surface area contributed by atoms with Crippen LogP contribution in [0.4, 0.5) is 18.3 Å². The smallest absolute Gasteiger partial charge is 0.427 e. The van der Waals surface area contributed by atoms with Crippen LogP contribution in [0.15, 0.2) is 29.2 Å². The van der Waals surface area contributed by atoms with E-state index in [9.17, 15) is 22.8 Å². The molecule has 9 heteroatoms. The highest BCUT2D eigenvalue weighted by Crippen LogP contribution is 2.34. The molecule has 0 saturated carbocycles. The summed E-state index contributed by atoms with van der Waals surface area (Å²) in [4.78, 5) is 28.0. The average Bonchev–Trinajstić information content (AvgIpc) is 2.99. The lowest BCUT2D eigenvalue weighted by Crippen LogP contribution is -2.50. The van der Waals surface area contributed by atoms with Gasteiger partial charge in [-0.1, -0.05) is 25.5 Å². The van der Waals surface area contributed by atoms with Gasteiger partial charge in [-0.25, -0.2) is 4.98 Å². The molecule has 1 aliphatic carbocycles. The number of hydrogen-bond donors (Lipinski definition) is 1. The standard InChI is InChI=1S/C16H17F3N2O3S/c1-3-4-7-12(22)24-15(8-5-6-10(2)13(15)23)21-14-20-11(9-25-14)16(17,18)19/h5-6,8-9H,3-4,7H2,1-2H3,(H,20,21)/t15-/m1/s1. The minimum atomic E-state index is -4.59. The molecule has 2 rings (SSSR count). The number of halogens is 3. The molecule has 1 aliphatic rings. The third kappa shape index (κ3) is 4.47. The Morgan fingerprint density at radius 3 is 2.76 bits per heavy atom. The van der Waals surface area contributed by atoms with Crippen LogP contribution in [0.3, 0.4) is 0 Å². The minimum absolute atomic E-state index is 0.107. The topological polar surface area (TPSA) is 68.3 Å². The predicted molar refractivity (Wildman–Crippen MR) is 87.0 cm³/mol. The molecule has 1 atom stereocenters. The highest BCUT2D eigenvalue weighted by Gasteiger charge is 2.43. The Morgan fingerprint density at radius 1 is 1.44 bits per heavy atom. The second-order valence-electron chi connectivity index (χ2n) is 5.51. The van der Waals surface area contributed by atoms with Crippen LogP contribution in [0, 0.1) is 0 Å². The quantitative estimate of drug-likeness (QED) is 0.600. The molecule has 25 heavy (non-hydrogen) atoms. The highest BCUT2D eigenvalue weighted by atomic mass is 32.1. The van der Waals surface area contributed by atoms with Gasteiger partial charge in [0.05, 0.1) is 0 Å². The minimum Gasteiger partial charge on any atom is -0.427 e. The van der Waals surface area contributed by atoms with Crippen molar-refractivity contribution in [3.05, 3.63) is 34.9 Å². The summed E-state index contributed by atoms with van der Waals surface area (Å²) in [7, 11) is 0. The Morgan fingerprint density at radius 2 is 2.16 bits per heavy atom. The molecular formula is C16H17F3N2O3S. The third-order valence-corrected chi connectivity index (χ3v) is 4.23. The number of unbranched alkanes of at least 4 members (excludes halogenated alkanes) is 1. The lowest BCUT2D eigenvalue weighted by molar-refractivity contribution is -0.159. The van der Waals surface area contributed by atoms with Crippen molar-refractivity contribution < 1.29 is 27.5 Å². The number of Topliss-reactive ketones (excluding diaryl/α,β-unsaturated/α-hetero) is 1. The second kappa shape index (κ2) is 7.38. The van der Waals surface area contributed by atoms with E-state index in [-0.39, 0.29) is 11.6 Å². The summed E-state index contributed by atoms with van der Waals surface area (Å²) in [6.07, 6.45) is 1.21. The molecule has 1 aromatic heterocycles. The van der Waals surface area contributed by atoms with Gasteiger partial charge in [-0.2, -0.15) is 13.2 Å². The van der Waals surface area contributed by atoms with Crippen LogP contribution in [-0.4, -0.2) is 22.5 Å². The summed E-state index contributed by atoms with van der Waals surface area (Å²) >= 11 is 0.678. The Hall–Kier alpha value is -2.16. The average molecular weight is 374 g/mol. The van der Waals surface area contributed by atoms with E-state index >= 15 is 0 Å². The molecule has 0 unspecified atom stereocenters. The highest BCUT2D eigenvalue weighted by molar-refractivity contribution is 7.13. The Balaban J connectivity index is 2.28. The fourth-order valence-corrected chi connectivity index (χ4v) is 2.92. The van der Waals surface area contributed by atoms with Crippen LogP contribution in [0.25, 0.3) is 0 Å². The fraction of sp³-hybridized carbons (Fsp3) is 0.438. The Kier molecular flexibility index (Phi) is 5.66. The summed E-state index contributed by atoms with van der Waals surface area (Å²) in [5.41, 5.74) is -2.65. The number of alkyl halides is 3. The van der Waals surface area contributed by atoms with E-state index in [2.05, 4.69) is 10.3 Å². The summed E-state index contributed by atoms with van der Waals surface area (Å²) in [5.74, 6) is -1.17. The molecule has 136 valence electrons. The van der Waals surface area contributed by atoms with Gasteiger partial charge in [-0.05, 0) is 25.0 Å². The van der Waals surface area contributed by atoms with E-state index in [0.717, 1.165) is 11.8 Å². The number of anilines is 1. The maximum absolute atomic E-state index is 12.7. The number of aromatic nitrogens is 1. The summed E-state index contributed by atoms with van der Waals surface area (Å²) in [6, 6.07) is 0. The number of esters is 1. The largest absolute Gasteiger partial charge is 0.434 e. The maximum atomic E-state index is 12.7. The summed E-state index contributed by atoms with van der Waals surface area (Å²) in [6.45, 7) is 3.43. The number of nitrogens with one attached hydrogen (secondary N) is 1. The molecule has 0 aliphatic heterocycles. The first-order valence-corrected chi connectivity index (χ1v) is 8.49. The molecular weight excluding hydrogens is 357 g/mol. The van der Waals surface area contributed by atoms with Gasteiger partial charge in [0.1, 0.15) is 0 Å². The van der Waals surface area contributed by atoms with E-state index in [1.165, 1.54) is 25.2 Å². The first-order valence-electron chi connectivity index (χ1n) is 7.61. The third-order valence-electron chi connectivity index (χ3n) is 3.47. The zero-order valence-corrected chi connectivity index (χ0v) is 14.5. The van der Waals surface area contributed by atoms with Crippen LogP contribution in [0.2, 0.25) is 0 Å². The molecule has 5 nitrogen and oxygen atoms in total. The van der Waals surface area contributed by atoms with Crippen molar-refractivity contribution in [2.45, 2.75) is 45.0 Å². The van der Waals surface area contributed by atoms with Gasteiger partial charge in [0, 0.05) is 11.8 Å². The number of thiazole rings is 1. The van der Waals surface area contributed by atoms with Gasteiger partial charge in [-0.3, -0.25) is 9.59 Å². The number of allylic oxidation sites excluding steroid dienone is 2. The monoisotopic (exact) mass is 374 g/mol. The molecule has 0 radical (unpaired) electrons. The number of nitrogens with zero attached hydrogens (tertiary/aromatic N) is 1. The number of rotatable bonds is 6. The van der Waals surface area contributed by atoms with Crippen LogP contribution in [0.5, 0.6) is 0 Å². The van der Waals surface area contributed by atoms with Gasteiger partial charge in [0.2, 0.25) is 5.78 Å². The number of hydrogen-bond acceptors (Lipinski definition) is 6. The molecule has 0 saturated heterocycles. The van der Waals surface area contributed by atoms with Crippen molar-refractivity contribution >= 4 is 28.2 Å². The lowest BCUT2D eigenvalue weighted by Gasteiger charge is -2.31. The summed E-state index contributed by atoms with van der Waals surface area (Å²) in [5, 5.41) is 3.23. The van der Waals surface area contributed by atoms with Crippen LogP contribution >= 0.6 is 11.3 Å². The van der Waals surface area contributed by atoms with Crippen molar-refractivity contribution in [2.24, 2.45) is 0 Å². The second-order valence-corrected chi connectivity index (χ2v) is 6.37. The molecule has 0 fully saturated rings. The van der Waals surface area contributed by atoms with E-state index < -0.39 is 29.3 Å². The predicted octanol–water partition coefficient (Wildman–Crippen LogP) is 4.09. The van der Waals surface area contributed by atoms with E-state index in [4.69, 9.17) is 4.74 Å². The number of carbonyl (C=O) groups excluding carboxylic acids is 2. The molecule has 0 bridgehead atoms. The van der Waals surface area contributed by atoms with Crippen molar-refractivity contribution in [1.29, 1.82) is 0 Å².